The van der Waals surface area contributed by atoms with Gasteiger partial charge in [-0.2, -0.15) is 0 Å². The first kappa shape index (κ1) is 11.1. The Bertz CT molecular complexity index is 411. The van der Waals surface area contributed by atoms with Crippen molar-refractivity contribution in [3.8, 4) is 5.75 Å². The summed E-state index contributed by atoms with van der Waals surface area (Å²) in [5, 5.41) is 3.37. The molecule has 1 aromatic rings. The molecule has 0 radical (unpaired) electrons. The Morgan fingerprint density at radius 2 is 2.12 bits per heavy atom. The summed E-state index contributed by atoms with van der Waals surface area (Å²) >= 11 is 0. The average molecular weight is 233 g/mol. The smallest absolute Gasteiger partial charge is 0.125 e. The van der Waals surface area contributed by atoms with E-state index in [0.717, 1.165) is 25.4 Å². The summed E-state index contributed by atoms with van der Waals surface area (Å²) in [4.78, 5) is 0. The summed E-state index contributed by atoms with van der Waals surface area (Å²) in [7, 11) is 1.75. The fourth-order valence-corrected chi connectivity index (χ4v) is 2.81. The van der Waals surface area contributed by atoms with E-state index in [4.69, 9.17) is 9.47 Å². The molecule has 92 valence electrons. The van der Waals surface area contributed by atoms with Gasteiger partial charge < -0.3 is 14.8 Å². The molecular formula is C14H19NO2. The number of benzene rings is 1. The van der Waals surface area contributed by atoms with E-state index in [1.54, 1.807) is 7.11 Å². The molecule has 3 nitrogen and oxygen atoms in total. The second kappa shape index (κ2) is 4.67. The molecule has 1 N–H and O–H groups in total. The zero-order valence-corrected chi connectivity index (χ0v) is 10.3. The van der Waals surface area contributed by atoms with Crippen molar-refractivity contribution in [2.75, 3.05) is 26.8 Å². The molecule has 2 aliphatic rings. The molecule has 1 atom stereocenters. The molecule has 1 fully saturated rings. The van der Waals surface area contributed by atoms with Crippen LogP contribution in [0.25, 0.3) is 0 Å². The van der Waals surface area contributed by atoms with Crippen LogP contribution < -0.4 is 10.1 Å². The van der Waals surface area contributed by atoms with Crippen molar-refractivity contribution in [1.82, 2.24) is 5.32 Å². The van der Waals surface area contributed by atoms with Gasteiger partial charge >= 0.3 is 0 Å². The Morgan fingerprint density at radius 1 is 1.29 bits per heavy atom. The van der Waals surface area contributed by atoms with Crippen molar-refractivity contribution in [3.63, 3.8) is 0 Å². The molecule has 1 aromatic carbocycles. The Labute approximate surface area is 102 Å². The van der Waals surface area contributed by atoms with E-state index in [0.29, 0.717) is 0 Å². The third kappa shape index (κ3) is 2.05. The molecule has 1 saturated heterocycles. The number of morpholine rings is 1. The Kier molecular flexibility index (Phi) is 3.04. The summed E-state index contributed by atoms with van der Waals surface area (Å²) in [6.07, 6.45) is 3.80. The van der Waals surface area contributed by atoms with Gasteiger partial charge in [-0.25, -0.2) is 0 Å². The van der Waals surface area contributed by atoms with Crippen molar-refractivity contribution in [1.29, 1.82) is 0 Å². The van der Waals surface area contributed by atoms with E-state index >= 15 is 0 Å². The van der Waals surface area contributed by atoms with Gasteiger partial charge in [-0.05, 0) is 42.5 Å². The van der Waals surface area contributed by atoms with Crippen LogP contribution >= 0.6 is 0 Å². The van der Waals surface area contributed by atoms with Crippen LogP contribution in [0.15, 0.2) is 12.1 Å². The molecule has 0 aromatic heterocycles. The largest absolute Gasteiger partial charge is 0.496 e. The van der Waals surface area contributed by atoms with Crippen molar-refractivity contribution >= 4 is 0 Å². The number of fused-ring (bicyclic) bond motifs is 1. The summed E-state index contributed by atoms with van der Waals surface area (Å²) in [6, 6.07) is 4.49. The van der Waals surface area contributed by atoms with Gasteiger partial charge in [-0.15, -0.1) is 0 Å². The van der Waals surface area contributed by atoms with Crippen LogP contribution in [0.5, 0.6) is 5.75 Å². The van der Waals surface area contributed by atoms with Gasteiger partial charge in [-0.1, -0.05) is 0 Å². The van der Waals surface area contributed by atoms with Crippen LogP contribution in [0.1, 0.15) is 29.2 Å². The third-order valence-corrected chi connectivity index (χ3v) is 3.72. The Morgan fingerprint density at radius 3 is 2.82 bits per heavy atom. The number of methoxy groups -OCH3 is 1. The highest BCUT2D eigenvalue weighted by Crippen LogP contribution is 2.34. The van der Waals surface area contributed by atoms with Crippen LogP contribution in [0, 0.1) is 0 Å². The molecule has 0 saturated carbocycles. The molecule has 1 aliphatic carbocycles. The highest BCUT2D eigenvalue weighted by Gasteiger charge is 2.22. The quantitative estimate of drug-likeness (QED) is 0.845. The number of hydrogen-bond donors (Lipinski definition) is 1. The minimum absolute atomic E-state index is 0.143. The van der Waals surface area contributed by atoms with E-state index in [1.165, 1.54) is 36.0 Å². The Hall–Kier alpha value is -1.06. The third-order valence-electron chi connectivity index (χ3n) is 3.72. The lowest BCUT2D eigenvalue weighted by molar-refractivity contribution is 0.0262. The first-order chi connectivity index (χ1) is 8.38. The lowest BCUT2D eigenvalue weighted by Gasteiger charge is -2.26. The first-order valence-corrected chi connectivity index (χ1v) is 6.40. The van der Waals surface area contributed by atoms with Gasteiger partial charge in [0.05, 0.1) is 19.8 Å². The van der Waals surface area contributed by atoms with Crippen LogP contribution in [0.2, 0.25) is 0 Å². The maximum atomic E-state index is 5.82. The molecule has 0 amide bonds. The first-order valence-electron chi connectivity index (χ1n) is 6.40. The number of nitrogens with one attached hydrogen (secondary N) is 1. The molecule has 3 rings (SSSR count). The van der Waals surface area contributed by atoms with E-state index in [9.17, 15) is 0 Å². The molecule has 3 heteroatoms. The fraction of sp³-hybridized carbons (Fsp3) is 0.571. The SMILES string of the molecule is COc1cc2c(cc1C1CNCCO1)CCC2. The van der Waals surface area contributed by atoms with Gasteiger partial charge in [0.15, 0.2) is 0 Å². The van der Waals surface area contributed by atoms with Gasteiger partial charge in [0.2, 0.25) is 0 Å². The fourth-order valence-electron chi connectivity index (χ4n) is 2.81. The monoisotopic (exact) mass is 233 g/mol. The van der Waals surface area contributed by atoms with Crippen molar-refractivity contribution in [3.05, 3.63) is 28.8 Å². The summed E-state index contributed by atoms with van der Waals surface area (Å²) in [5.74, 6) is 0.986. The average Bonchev–Trinajstić information content (AvgIpc) is 2.85. The van der Waals surface area contributed by atoms with Crippen molar-refractivity contribution < 1.29 is 9.47 Å². The van der Waals surface area contributed by atoms with Crippen LogP contribution in [-0.4, -0.2) is 26.8 Å². The number of hydrogen-bond acceptors (Lipinski definition) is 3. The molecular weight excluding hydrogens is 214 g/mol. The molecule has 0 spiro atoms. The standard InChI is InChI=1S/C14H19NO2/c1-16-13-8-11-4-2-3-10(11)7-12(13)14-9-15-5-6-17-14/h7-8,14-15H,2-6,9H2,1H3. The van der Waals surface area contributed by atoms with Gasteiger partial charge in [0.1, 0.15) is 5.75 Å². The summed E-state index contributed by atoms with van der Waals surface area (Å²) in [6.45, 7) is 2.61. The highest BCUT2D eigenvalue weighted by molar-refractivity contribution is 5.46. The predicted molar refractivity (Wildman–Crippen MR) is 66.6 cm³/mol. The second-order valence-electron chi connectivity index (χ2n) is 4.78. The molecule has 0 bridgehead atoms. The molecule has 1 aliphatic heterocycles. The number of ether oxygens (including phenoxy) is 2. The maximum Gasteiger partial charge on any atom is 0.125 e. The lowest BCUT2D eigenvalue weighted by Crippen LogP contribution is -2.33. The summed E-state index contributed by atoms with van der Waals surface area (Å²) < 4.78 is 11.3. The van der Waals surface area contributed by atoms with Gasteiger partial charge in [-0.3, -0.25) is 0 Å². The van der Waals surface area contributed by atoms with Crippen molar-refractivity contribution in [2.45, 2.75) is 25.4 Å². The Balaban J connectivity index is 1.96. The van der Waals surface area contributed by atoms with Gasteiger partial charge in [0.25, 0.3) is 0 Å². The minimum Gasteiger partial charge on any atom is -0.496 e. The van der Waals surface area contributed by atoms with E-state index < -0.39 is 0 Å². The minimum atomic E-state index is 0.143. The normalized spacial score (nSPS) is 23.5. The second-order valence-corrected chi connectivity index (χ2v) is 4.78. The van der Waals surface area contributed by atoms with E-state index in [1.807, 2.05) is 0 Å². The van der Waals surface area contributed by atoms with Crippen LogP contribution in [-0.2, 0) is 17.6 Å². The van der Waals surface area contributed by atoms with Gasteiger partial charge in [0, 0.05) is 18.7 Å². The lowest BCUT2D eigenvalue weighted by atomic mass is 10.0. The highest BCUT2D eigenvalue weighted by atomic mass is 16.5. The zero-order valence-electron chi connectivity index (χ0n) is 10.3. The number of aryl methyl sites for hydroxylation is 2. The van der Waals surface area contributed by atoms with Crippen LogP contribution in [0.3, 0.4) is 0 Å². The zero-order chi connectivity index (χ0) is 11.7. The van der Waals surface area contributed by atoms with Crippen LogP contribution in [0.4, 0.5) is 0 Å². The summed E-state index contributed by atoms with van der Waals surface area (Å²) in [5.41, 5.74) is 4.14. The molecule has 1 unspecified atom stereocenters. The topological polar surface area (TPSA) is 30.5 Å². The number of rotatable bonds is 2. The van der Waals surface area contributed by atoms with Crippen molar-refractivity contribution in [2.24, 2.45) is 0 Å². The van der Waals surface area contributed by atoms with E-state index in [2.05, 4.69) is 17.4 Å². The van der Waals surface area contributed by atoms with E-state index in [-0.39, 0.29) is 6.10 Å². The molecule has 1 heterocycles. The maximum absolute atomic E-state index is 5.82. The molecule has 17 heavy (non-hydrogen) atoms. The predicted octanol–water partition coefficient (Wildman–Crippen LogP) is 1.84.